The minimum Gasteiger partial charge on any atom is -0.320 e. The van der Waals surface area contributed by atoms with Crippen molar-refractivity contribution in [2.45, 2.75) is 40.3 Å². The molecule has 0 saturated heterocycles. The van der Waals surface area contributed by atoms with Gasteiger partial charge in [-0.2, -0.15) is 0 Å². The molecule has 2 heterocycles. The summed E-state index contributed by atoms with van der Waals surface area (Å²) < 4.78 is 4.69. The van der Waals surface area contributed by atoms with E-state index in [0.29, 0.717) is 36.4 Å². The second-order valence-electron chi connectivity index (χ2n) is 7.44. The van der Waals surface area contributed by atoms with Gasteiger partial charge in [0.05, 0.1) is 12.0 Å². The molecule has 6 nitrogen and oxygen atoms in total. The second kappa shape index (κ2) is 7.54. The van der Waals surface area contributed by atoms with Gasteiger partial charge in [-0.15, -0.1) is 0 Å². The molecule has 0 saturated carbocycles. The Balaban J connectivity index is 1.98. The van der Waals surface area contributed by atoms with Gasteiger partial charge in [-0.05, 0) is 38.0 Å². The molecule has 2 aromatic carbocycles. The lowest BCUT2D eigenvalue weighted by atomic mass is 10.1. The molecule has 0 radical (unpaired) electrons. The van der Waals surface area contributed by atoms with Crippen LogP contribution in [-0.4, -0.2) is 18.7 Å². The molecule has 0 aliphatic rings. The van der Waals surface area contributed by atoms with Gasteiger partial charge >= 0.3 is 5.69 Å². The maximum absolute atomic E-state index is 13.2. The van der Waals surface area contributed by atoms with E-state index < -0.39 is 0 Å². The fourth-order valence-corrected chi connectivity index (χ4v) is 3.65. The molecule has 0 N–H and O–H groups in total. The highest BCUT2D eigenvalue weighted by Gasteiger charge is 2.19. The van der Waals surface area contributed by atoms with Crippen molar-refractivity contribution in [3.63, 3.8) is 0 Å². The smallest absolute Gasteiger partial charge is 0.320 e. The van der Waals surface area contributed by atoms with Gasteiger partial charge in [0.15, 0.2) is 11.2 Å². The molecular weight excluding hydrogens is 364 g/mol. The standard InChI is InChI=1S/C23H24N4O2/c1-4-12-26-22(28)20-21(27(23(26)29)19-10-8-16(2)9-11-19)24-15-25(20)14-18-7-5-6-17(3)13-18/h5-11,13,15H,4,12,14H2,1-3H3. The number of aryl methyl sites for hydroxylation is 2. The summed E-state index contributed by atoms with van der Waals surface area (Å²) in [6.07, 6.45) is 2.34. The summed E-state index contributed by atoms with van der Waals surface area (Å²) in [4.78, 5) is 30.8. The molecule has 29 heavy (non-hydrogen) atoms. The molecular formula is C23H24N4O2. The molecule has 0 atom stereocenters. The fourth-order valence-electron chi connectivity index (χ4n) is 3.65. The predicted molar refractivity (Wildman–Crippen MR) is 115 cm³/mol. The van der Waals surface area contributed by atoms with Gasteiger partial charge in [0.25, 0.3) is 5.56 Å². The van der Waals surface area contributed by atoms with Crippen molar-refractivity contribution in [2.75, 3.05) is 0 Å². The van der Waals surface area contributed by atoms with Crippen LogP contribution >= 0.6 is 0 Å². The quantitative estimate of drug-likeness (QED) is 0.526. The van der Waals surface area contributed by atoms with Crippen molar-refractivity contribution in [1.29, 1.82) is 0 Å². The molecule has 0 fully saturated rings. The average molecular weight is 388 g/mol. The van der Waals surface area contributed by atoms with E-state index in [2.05, 4.69) is 11.1 Å². The van der Waals surface area contributed by atoms with E-state index in [0.717, 1.165) is 16.7 Å². The number of imidazole rings is 1. The summed E-state index contributed by atoms with van der Waals surface area (Å²) in [5.74, 6) is 0. The van der Waals surface area contributed by atoms with Crippen LogP contribution in [0.25, 0.3) is 16.9 Å². The lowest BCUT2D eigenvalue weighted by molar-refractivity contribution is 0.604. The number of rotatable bonds is 5. The van der Waals surface area contributed by atoms with Crippen molar-refractivity contribution in [1.82, 2.24) is 18.7 Å². The Morgan fingerprint density at radius 2 is 1.72 bits per heavy atom. The van der Waals surface area contributed by atoms with Crippen molar-refractivity contribution < 1.29 is 0 Å². The van der Waals surface area contributed by atoms with Crippen molar-refractivity contribution in [3.05, 3.63) is 92.4 Å². The lowest BCUT2D eigenvalue weighted by Gasteiger charge is -2.12. The predicted octanol–water partition coefficient (Wildman–Crippen LogP) is 3.42. The fraction of sp³-hybridized carbons (Fsp3) is 0.261. The Bertz CT molecular complexity index is 1290. The molecule has 0 aliphatic heterocycles. The number of benzene rings is 2. The third kappa shape index (κ3) is 3.42. The normalized spacial score (nSPS) is 11.3. The molecule has 2 aromatic heterocycles. The van der Waals surface area contributed by atoms with Gasteiger partial charge in [0, 0.05) is 13.1 Å². The minimum absolute atomic E-state index is 0.291. The maximum Gasteiger partial charge on any atom is 0.337 e. The monoisotopic (exact) mass is 388 g/mol. The molecule has 148 valence electrons. The first kappa shape index (κ1) is 18.9. The number of fused-ring (bicyclic) bond motifs is 1. The molecule has 0 unspecified atom stereocenters. The molecule has 4 rings (SSSR count). The SMILES string of the molecule is CCCn1c(=O)c2c(ncn2Cc2cccc(C)c2)n(-c2ccc(C)cc2)c1=O. The molecule has 0 amide bonds. The summed E-state index contributed by atoms with van der Waals surface area (Å²) in [5, 5.41) is 0. The van der Waals surface area contributed by atoms with Gasteiger partial charge in [0.1, 0.15) is 0 Å². The number of hydrogen-bond donors (Lipinski definition) is 0. The Morgan fingerprint density at radius 1 is 0.966 bits per heavy atom. The summed E-state index contributed by atoms with van der Waals surface area (Å²) in [7, 11) is 0. The Morgan fingerprint density at radius 3 is 2.41 bits per heavy atom. The van der Waals surface area contributed by atoms with Crippen LogP contribution in [0, 0.1) is 13.8 Å². The summed E-state index contributed by atoms with van der Waals surface area (Å²) in [6.45, 7) is 6.88. The first-order chi connectivity index (χ1) is 14.0. The maximum atomic E-state index is 13.2. The van der Waals surface area contributed by atoms with Crippen LogP contribution in [0.3, 0.4) is 0 Å². The van der Waals surface area contributed by atoms with Crippen molar-refractivity contribution in [2.24, 2.45) is 0 Å². The van der Waals surface area contributed by atoms with E-state index in [-0.39, 0.29) is 11.2 Å². The van der Waals surface area contributed by atoms with E-state index in [9.17, 15) is 9.59 Å². The highest BCUT2D eigenvalue weighted by molar-refractivity contribution is 5.72. The largest absolute Gasteiger partial charge is 0.337 e. The van der Waals surface area contributed by atoms with E-state index >= 15 is 0 Å². The van der Waals surface area contributed by atoms with Gasteiger partial charge in [0.2, 0.25) is 0 Å². The van der Waals surface area contributed by atoms with Crippen LogP contribution in [0.2, 0.25) is 0 Å². The second-order valence-corrected chi connectivity index (χ2v) is 7.44. The molecule has 6 heteroatoms. The van der Waals surface area contributed by atoms with Gasteiger partial charge < -0.3 is 4.57 Å². The number of aromatic nitrogens is 4. The van der Waals surface area contributed by atoms with Gasteiger partial charge in [-0.3, -0.25) is 9.36 Å². The van der Waals surface area contributed by atoms with Crippen LogP contribution in [-0.2, 0) is 13.1 Å². The topological polar surface area (TPSA) is 61.8 Å². The summed E-state index contributed by atoms with van der Waals surface area (Å²) >= 11 is 0. The van der Waals surface area contributed by atoms with Crippen LogP contribution in [0.5, 0.6) is 0 Å². The van der Waals surface area contributed by atoms with Gasteiger partial charge in [-0.25, -0.2) is 14.3 Å². The van der Waals surface area contributed by atoms with E-state index in [1.54, 1.807) is 10.9 Å². The Kier molecular flexibility index (Phi) is 4.92. The first-order valence-electron chi connectivity index (χ1n) is 9.83. The first-order valence-corrected chi connectivity index (χ1v) is 9.83. The minimum atomic E-state index is -0.353. The summed E-state index contributed by atoms with van der Waals surface area (Å²) in [5.41, 5.74) is 4.24. The number of nitrogens with zero attached hydrogens (tertiary/aromatic N) is 4. The molecule has 0 spiro atoms. The number of hydrogen-bond acceptors (Lipinski definition) is 3. The van der Waals surface area contributed by atoms with E-state index in [1.165, 1.54) is 4.57 Å². The Labute approximate surface area is 168 Å². The van der Waals surface area contributed by atoms with Crippen molar-refractivity contribution in [3.8, 4) is 5.69 Å². The zero-order chi connectivity index (χ0) is 20.5. The van der Waals surface area contributed by atoms with Crippen LogP contribution < -0.4 is 11.2 Å². The Hall–Kier alpha value is -3.41. The van der Waals surface area contributed by atoms with Gasteiger partial charge in [-0.1, -0.05) is 54.4 Å². The lowest BCUT2D eigenvalue weighted by Crippen LogP contribution is -2.40. The van der Waals surface area contributed by atoms with Crippen LogP contribution in [0.15, 0.2) is 64.4 Å². The third-order valence-corrected chi connectivity index (χ3v) is 5.07. The molecule has 0 bridgehead atoms. The van der Waals surface area contributed by atoms with E-state index in [4.69, 9.17) is 0 Å². The molecule has 0 aliphatic carbocycles. The van der Waals surface area contributed by atoms with Crippen LogP contribution in [0.4, 0.5) is 0 Å². The highest BCUT2D eigenvalue weighted by Crippen LogP contribution is 2.16. The zero-order valence-corrected chi connectivity index (χ0v) is 16.9. The van der Waals surface area contributed by atoms with Crippen LogP contribution in [0.1, 0.15) is 30.0 Å². The zero-order valence-electron chi connectivity index (χ0n) is 16.9. The summed E-state index contributed by atoms with van der Waals surface area (Å²) in [6, 6.07) is 15.8. The molecule has 4 aromatic rings. The van der Waals surface area contributed by atoms with Crippen molar-refractivity contribution >= 4 is 11.2 Å². The average Bonchev–Trinajstić information content (AvgIpc) is 3.10. The van der Waals surface area contributed by atoms with E-state index in [1.807, 2.05) is 67.8 Å². The highest BCUT2D eigenvalue weighted by atomic mass is 16.2. The third-order valence-electron chi connectivity index (χ3n) is 5.07.